The number of hydrogen-bond acceptors (Lipinski definition) is 7. The van der Waals surface area contributed by atoms with E-state index in [0.29, 0.717) is 12.3 Å². The molecule has 0 rings (SSSR count). The lowest BCUT2D eigenvalue weighted by atomic mass is 9.67. The Balaban J connectivity index is 4.54. The van der Waals surface area contributed by atoms with Crippen LogP contribution in [0.4, 0.5) is 9.59 Å². The van der Waals surface area contributed by atoms with Crippen molar-refractivity contribution in [3.63, 3.8) is 0 Å². The second-order valence-corrected chi connectivity index (χ2v) is 7.14. The van der Waals surface area contributed by atoms with Crippen LogP contribution < -0.4 is 0 Å². The molecule has 0 aliphatic carbocycles. The molecule has 0 heterocycles. The first-order chi connectivity index (χ1) is 11.1. The van der Waals surface area contributed by atoms with Gasteiger partial charge in [-0.1, -0.05) is 40.4 Å². The summed E-state index contributed by atoms with van der Waals surface area (Å²) in [5.74, 6) is -0.711. The Labute approximate surface area is 149 Å². The third-order valence-electron chi connectivity index (χ3n) is 2.94. The summed E-state index contributed by atoms with van der Waals surface area (Å²) in [6.07, 6.45) is 1.48. The largest absolute Gasteiger partial charge is 0.463 e. The standard InChI is InChI=1S/C16H28BO6S/c1-10(2)7-12(5)14(18)21-8-13(9-22-16(20)24-6)23-15(19)17-11(3)4/h10-13H,7-9H2,1-6H3. The van der Waals surface area contributed by atoms with E-state index in [-0.39, 0.29) is 30.9 Å². The van der Waals surface area contributed by atoms with Gasteiger partial charge in [0.25, 0.3) is 7.28 Å². The van der Waals surface area contributed by atoms with E-state index in [1.54, 1.807) is 13.2 Å². The molecular weight excluding hydrogens is 331 g/mol. The number of carbonyl (C=O) groups is 3. The fourth-order valence-electron chi connectivity index (χ4n) is 1.93. The van der Waals surface area contributed by atoms with Crippen molar-refractivity contribution in [1.82, 2.24) is 0 Å². The van der Waals surface area contributed by atoms with Gasteiger partial charge in [0.1, 0.15) is 13.2 Å². The Hall–Kier alpha value is -1.18. The highest BCUT2D eigenvalue weighted by Gasteiger charge is 2.22. The van der Waals surface area contributed by atoms with Crippen molar-refractivity contribution >= 4 is 36.2 Å². The van der Waals surface area contributed by atoms with Crippen molar-refractivity contribution < 1.29 is 28.6 Å². The SMILES string of the molecule is CSC(=O)OCC(COC(=O)C(C)CC(C)C)OC(=O)[B]C(C)C. The maximum absolute atomic E-state index is 12.0. The van der Waals surface area contributed by atoms with Crippen LogP contribution in [0.25, 0.3) is 0 Å². The van der Waals surface area contributed by atoms with Crippen molar-refractivity contribution in [2.45, 2.75) is 53.0 Å². The Bertz CT molecular complexity index is 413. The van der Waals surface area contributed by atoms with E-state index < -0.39 is 17.3 Å². The van der Waals surface area contributed by atoms with Gasteiger partial charge in [0.15, 0.2) is 6.10 Å². The topological polar surface area (TPSA) is 78.9 Å². The second kappa shape index (κ2) is 12.2. The zero-order valence-corrected chi connectivity index (χ0v) is 16.2. The molecule has 137 valence electrons. The van der Waals surface area contributed by atoms with E-state index in [9.17, 15) is 14.4 Å². The molecule has 2 atom stereocenters. The summed E-state index contributed by atoms with van der Waals surface area (Å²) >= 11 is 0.915. The van der Waals surface area contributed by atoms with E-state index in [0.717, 1.165) is 11.8 Å². The minimum atomic E-state index is -0.821. The minimum absolute atomic E-state index is 0.0283. The monoisotopic (exact) mass is 359 g/mol. The van der Waals surface area contributed by atoms with Crippen LogP contribution in [-0.2, 0) is 19.0 Å². The van der Waals surface area contributed by atoms with E-state index in [1.807, 2.05) is 27.7 Å². The molecule has 8 heteroatoms. The first-order valence-corrected chi connectivity index (χ1v) is 9.31. The van der Waals surface area contributed by atoms with Gasteiger partial charge in [0.2, 0.25) is 5.87 Å². The van der Waals surface area contributed by atoms with Crippen LogP contribution in [-0.4, -0.2) is 50.0 Å². The van der Waals surface area contributed by atoms with Crippen molar-refractivity contribution in [1.29, 1.82) is 0 Å². The van der Waals surface area contributed by atoms with E-state index >= 15 is 0 Å². The van der Waals surface area contributed by atoms with Crippen LogP contribution in [0.3, 0.4) is 0 Å². The molecule has 0 fully saturated rings. The quantitative estimate of drug-likeness (QED) is 0.334. The molecular formula is C16H28BO6S. The molecule has 0 N–H and O–H groups in total. The summed E-state index contributed by atoms with van der Waals surface area (Å²) in [6, 6.07) is 0. The van der Waals surface area contributed by atoms with Crippen LogP contribution in [0.5, 0.6) is 0 Å². The van der Waals surface area contributed by atoms with Gasteiger partial charge in [0, 0.05) is 0 Å². The van der Waals surface area contributed by atoms with Crippen molar-refractivity contribution in [2.75, 3.05) is 19.5 Å². The molecule has 0 aliphatic rings. The molecule has 0 spiro atoms. The Morgan fingerprint density at radius 3 is 2.08 bits per heavy atom. The van der Waals surface area contributed by atoms with Gasteiger partial charge in [-0.2, -0.15) is 0 Å². The Morgan fingerprint density at radius 1 is 1.00 bits per heavy atom. The lowest BCUT2D eigenvalue weighted by Gasteiger charge is -2.20. The van der Waals surface area contributed by atoms with E-state index in [1.165, 1.54) is 7.28 Å². The average molecular weight is 359 g/mol. The molecule has 0 aliphatic heterocycles. The van der Waals surface area contributed by atoms with Crippen molar-refractivity contribution in [3.8, 4) is 0 Å². The zero-order chi connectivity index (χ0) is 18.7. The molecule has 0 aromatic rings. The van der Waals surface area contributed by atoms with Gasteiger partial charge < -0.3 is 14.2 Å². The number of hydrogen-bond donors (Lipinski definition) is 0. The highest BCUT2D eigenvalue weighted by molar-refractivity contribution is 8.12. The van der Waals surface area contributed by atoms with Crippen LogP contribution in [0.2, 0.25) is 5.82 Å². The highest BCUT2D eigenvalue weighted by atomic mass is 32.2. The zero-order valence-electron chi connectivity index (χ0n) is 15.4. The van der Waals surface area contributed by atoms with Gasteiger partial charge >= 0.3 is 11.3 Å². The molecule has 24 heavy (non-hydrogen) atoms. The summed E-state index contributed by atoms with van der Waals surface area (Å²) in [7, 11) is 1.41. The third kappa shape index (κ3) is 11.4. The number of rotatable bonds is 10. The molecule has 6 nitrogen and oxygen atoms in total. The van der Waals surface area contributed by atoms with Gasteiger partial charge in [0.05, 0.1) is 5.92 Å². The Morgan fingerprint density at radius 2 is 1.58 bits per heavy atom. The first-order valence-electron chi connectivity index (χ1n) is 8.08. The third-order valence-corrected chi connectivity index (χ3v) is 3.40. The summed E-state index contributed by atoms with van der Waals surface area (Å²) in [5, 5.41) is -0.483. The predicted molar refractivity (Wildman–Crippen MR) is 95.6 cm³/mol. The fraction of sp³-hybridized carbons (Fsp3) is 0.812. The summed E-state index contributed by atoms with van der Waals surface area (Å²) in [5.41, 5.74) is 0. The maximum Gasteiger partial charge on any atom is 0.367 e. The normalized spacial score (nSPS) is 13.3. The van der Waals surface area contributed by atoms with Crippen LogP contribution in [0, 0.1) is 11.8 Å². The molecule has 2 unspecified atom stereocenters. The maximum atomic E-state index is 12.0. The van der Waals surface area contributed by atoms with Crippen molar-refractivity contribution in [3.05, 3.63) is 0 Å². The molecule has 1 radical (unpaired) electrons. The van der Waals surface area contributed by atoms with Crippen molar-refractivity contribution in [2.24, 2.45) is 11.8 Å². The molecule has 0 aromatic heterocycles. The molecule has 0 saturated carbocycles. The molecule has 0 amide bonds. The summed E-state index contributed by atoms with van der Waals surface area (Å²) in [4.78, 5) is 34.9. The first kappa shape index (κ1) is 22.8. The molecule has 0 saturated heterocycles. The van der Waals surface area contributed by atoms with Gasteiger partial charge in [-0.15, -0.1) is 0 Å². The Kier molecular flexibility index (Phi) is 11.6. The summed E-state index contributed by atoms with van der Waals surface area (Å²) in [6.45, 7) is 9.25. The number of esters is 1. The van der Waals surface area contributed by atoms with Crippen LogP contribution >= 0.6 is 11.8 Å². The molecule has 0 aromatic carbocycles. The number of carbonyl (C=O) groups excluding carboxylic acids is 3. The van der Waals surface area contributed by atoms with E-state index in [4.69, 9.17) is 14.2 Å². The van der Waals surface area contributed by atoms with Crippen LogP contribution in [0.1, 0.15) is 41.0 Å². The van der Waals surface area contributed by atoms with Crippen LogP contribution in [0.15, 0.2) is 0 Å². The minimum Gasteiger partial charge on any atom is -0.463 e. The van der Waals surface area contributed by atoms with Gasteiger partial charge in [-0.25, -0.2) is 4.79 Å². The number of ether oxygens (including phenoxy) is 3. The molecule has 0 bridgehead atoms. The second-order valence-electron chi connectivity index (χ2n) is 6.40. The number of thioether (sulfide) groups is 1. The lowest BCUT2D eigenvalue weighted by Crippen LogP contribution is -2.33. The highest BCUT2D eigenvalue weighted by Crippen LogP contribution is 2.13. The van der Waals surface area contributed by atoms with E-state index in [2.05, 4.69) is 0 Å². The average Bonchev–Trinajstić information content (AvgIpc) is 2.47. The smallest absolute Gasteiger partial charge is 0.367 e. The van der Waals surface area contributed by atoms with Gasteiger partial charge in [-0.3, -0.25) is 9.59 Å². The fourth-order valence-corrected chi connectivity index (χ4v) is 2.12. The predicted octanol–water partition coefficient (Wildman–Crippen LogP) is 3.75. The summed E-state index contributed by atoms with van der Waals surface area (Å²) < 4.78 is 15.4. The lowest BCUT2D eigenvalue weighted by molar-refractivity contribution is -0.152. The van der Waals surface area contributed by atoms with Gasteiger partial charge in [-0.05, 0) is 30.4 Å².